The number of anilines is 1. The van der Waals surface area contributed by atoms with E-state index in [0.717, 1.165) is 22.5 Å². The minimum absolute atomic E-state index is 0.247. The Labute approximate surface area is 114 Å². The van der Waals surface area contributed by atoms with Gasteiger partial charge in [0.25, 0.3) is 11.8 Å². The largest absolute Gasteiger partial charge is 0.365 e. The van der Waals surface area contributed by atoms with Crippen LogP contribution in [0, 0.1) is 13.8 Å². The molecule has 2 amide bonds. The quantitative estimate of drug-likeness (QED) is 0.899. The molecular formula is C13H13N3O2S. The molecule has 0 aliphatic heterocycles. The van der Waals surface area contributed by atoms with E-state index in [9.17, 15) is 9.59 Å². The van der Waals surface area contributed by atoms with Crippen LogP contribution in [0.2, 0.25) is 0 Å². The molecule has 0 saturated heterocycles. The van der Waals surface area contributed by atoms with Crippen LogP contribution in [0.5, 0.6) is 0 Å². The van der Waals surface area contributed by atoms with E-state index in [1.807, 2.05) is 26.0 Å². The van der Waals surface area contributed by atoms with Crippen molar-refractivity contribution in [2.24, 2.45) is 5.73 Å². The van der Waals surface area contributed by atoms with Crippen LogP contribution in [0.15, 0.2) is 24.4 Å². The maximum Gasteiger partial charge on any atom is 0.260 e. The van der Waals surface area contributed by atoms with Crippen molar-refractivity contribution in [3.8, 4) is 0 Å². The zero-order chi connectivity index (χ0) is 14.0. The Morgan fingerprint density at radius 3 is 2.63 bits per heavy atom. The first-order valence-electron chi connectivity index (χ1n) is 5.61. The smallest absolute Gasteiger partial charge is 0.260 e. The van der Waals surface area contributed by atoms with Gasteiger partial charge in [0.15, 0.2) is 5.13 Å². The summed E-state index contributed by atoms with van der Waals surface area (Å²) in [5.41, 5.74) is 7.70. The van der Waals surface area contributed by atoms with Gasteiger partial charge in [-0.15, -0.1) is 0 Å². The first-order chi connectivity index (χ1) is 8.97. The number of carbonyl (C=O) groups excluding carboxylic acids is 2. The number of primary amides is 1. The highest BCUT2D eigenvalue weighted by atomic mass is 32.1. The van der Waals surface area contributed by atoms with Crippen LogP contribution in [0.25, 0.3) is 0 Å². The van der Waals surface area contributed by atoms with E-state index in [1.54, 1.807) is 6.07 Å². The summed E-state index contributed by atoms with van der Waals surface area (Å²) in [5, 5.41) is 3.01. The van der Waals surface area contributed by atoms with Gasteiger partial charge in [-0.25, -0.2) is 4.98 Å². The van der Waals surface area contributed by atoms with Crippen LogP contribution in [0.3, 0.4) is 0 Å². The fraction of sp³-hybridized carbons (Fsp3) is 0.154. The normalized spacial score (nSPS) is 10.2. The summed E-state index contributed by atoms with van der Waals surface area (Å²) in [6, 6.07) is 5.58. The molecule has 0 fully saturated rings. The number of hydrogen-bond acceptors (Lipinski definition) is 4. The number of thiazole rings is 1. The SMILES string of the molecule is Cc1ccc(C(=O)Nc2ncc(C(N)=O)s2)c(C)c1. The number of benzene rings is 1. The third-order valence-electron chi connectivity index (χ3n) is 2.60. The average molecular weight is 275 g/mol. The predicted octanol–water partition coefficient (Wildman–Crippen LogP) is 2.11. The van der Waals surface area contributed by atoms with E-state index < -0.39 is 5.91 Å². The molecule has 1 heterocycles. The molecule has 6 heteroatoms. The highest BCUT2D eigenvalue weighted by Crippen LogP contribution is 2.19. The average Bonchev–Trinajstić information content (AvgIpc) is 2.77. The molecule has 2 aromatic rings. The highest BCUT2D eigenvalue weighted by molar-refractivity contribution is 7.17. The van der Waals surface area contributed by atoms with E-state index in [4.69, 9.17) is 5.73 Å². The van der Waals surface area contributed by atoms with Crippen LogP contribution in [-0.2, 0) is 0 Å². The van der Waals surface area contributed by atoms with Crippen molar-refractivity contribution in [2.75, 3.05) is 5.32 Å². The lowest BCUT2D eigenvalue weighted by molar-refractivity contribution is 0.100. The third-order valence-corrected chi connectivity index (χ3v) is 3.52. The van der Waals surface area contributed by atoms with Crippen LogP contribution < -0.4 is 11.1 Å². The first-order valence-corrected chi connectivity index (χ1v) is 6.43. The summed E-state index contributed by atoms with van der Waals surface area (Å²) in [6.45, 7) is 3.84. The van der Waals surface area contributed by atoms with Crippen molar-refractivity contribution in [3.63, 3.8) is 0 Å². The monoisotopic (exact) mass is 275 g/mol. The van der Waals surface area contributed by atoms with Crippen molar-refractivity contribution in [2.45, 2.75) is 13.8 Å². The van der Waals surface area contributed by atoms with E-state index >= 15 is 0 Å². The zero-order valence-corrected chi connectivity index (χ0v) is 11.4. The fourth-order valence-corrected chi connectivity index (χ4v) is 2.34. The van der Waals surface area contributed by atoms with Crippen LogP contribution in [0.1, 0.15) is 31.2 Å². The molecule has 0 aliphatic rings. The lowest BCUT2D eigenvalue weighted by Gasteiger charge is -2.06. The first kappa shape index (κ1) is 13.2. The van der Waals surface area contributed by atoms with E-state index in [2.05, 4.69) is 10.3 Å². The lowest BCUT2D eigenvalue weighted by atomic mass is 10.1. The standard InChI is InChI=1S/C13H13N3O2S/c1-7-3-4-9(8(2)5-7)12(18)16-13-15-6-10(19-13)11(14)17/h3-6H,1-2H3,(H2,14,17)(H,15,16,18). The van der Waals surface area contributed by atoms with Crippen molar-refractivity contribution < 1.29 is 9.59 Å². The molecule has 0 saturated carbocycles. The number of nitrogens with zero attached hydrogens (tertiary/aromatic N) is 1. The maximum atomic E-state index is 12.1. The summed E-state index contributed by atoms with van der Waals surface area (Å²) in [6.07, 6.45) is 1.35. The number of nitrogens with one attached hydrogen (secondary N) is 1. The second kappa shape index (κ2) is 5.19. The maximum absolute atomic E-state index is 12.1. The molecule has 19 heavy (non-hydrogen) atoms. The van der Waals surface area contributed by atoms with E-state index in [-0.39, 0.29) is 5.91 Å². The van der Waals surface area contributed by atoms with Gasteiger partial charge < -0.3 is 5.73 Å². The van der Waals surface area contributed by atoms with Crippen molar-refractivity contribution in [1.82, 2.24) is 4.98 Å². The topological polar surface area (TPSA) is 85.1 Å². The molecule has 0 aliphatic carbocycles. The summed E-state index contributed by atoms with van der Waals surface area (Å²) < 4.78 is 0. The molecule has 0 unspecified atom stereocenters. The molecule has 1 aromatic heterocycles. The minimum Gasteiger partial charge on any atom is -0.365 e. The molecular weight excluding hydrogens is 262 g/mol. The van der Waals surface area contributed by atoms with E-state index in [1.165, 1.54) is 6.20 Å². The van der Waals surface area contributed by atoms with Gasteiger partial charge in [-0.05, 0) is 25.5 Å². The highest BCUT2D eigenvalue weighted by Gasteiger charge is 2.12. The Kier molecular flexibility index (Phi) is 3.62. The van der Waals surface area contributed by atoms with Gasteiger partial charge in [-0.2, -0.15) is 0 Å². The number of carbonyl (C=O) groups is 2. The number of amides is 2. The number of hydrogen-bond donors (Lipinski definition) is 2. The van der Waals surface area contributed by atoms with E-state index in [0.29, 0.717) is 15.6 Å². The Morgan fingerprint density at radius 2 is 2.05 bits per heavy atom. The Bertz CT molecular complexity index is 649. The number of aromatic nitrogens is 1. The van der Waals surface area contributed by atoms with Gasteiger partial charge in [0, 0.05) is 5.56 Å². The summed E-state index contributed by atoms with van der Waals surface area (Å²) >= 11 is 1.06. The van der Waals surface area contributed by atoms with Gasteiger partial charge in [-0.1, -0.05) is 29.0 Å². The molecule has 0 bridgehead atoms. The van der Waals surface area contributed by atoms with Crippen LogP contribution in [-0.4, -0.2) is 16.8 Å². The van der Waals surface area contributed by atoms with Gasteiger partial charge in [0.2, 0.25) is 0 Å². The second-order valence-electron chi connectivity index (χ2n) is 4.17. The molecule has 98 valence electrons. The third kappa shape index (κ3) is 2.97. The number of aryl methyl sites for hydroxylation is 2. The molecule has 0 radical (unpaired) electrons. The van der Waals surface area contributed by atoms with Crippen molar-refractivity contribution >= 4 is 28.3 Å². The molecule has 5 nitrogen and oxygen atoms in total. The molecule has 1 aromatic carbocycles. The predicted molar refractivity (Wildman–Crippen MR) is 74.5 cm³/mol. The molecule has 0 atom stereocenters. The fourth-order valence-electron chi connectivity index (χ4n) is 1.68. The molecule has 0 spiro atoms. The van der Waals surface area contributed by atoms with Crippen LogP contribution >= 0.6 is 11.3 Å². The molecule has 3 N–H and O–H groups in total. The lowest BCUT2D eigenvalue weighted by Crippen LogP contribution is -2.13. The molecule has 2 rings (SSSR count). The van der Waals surface area contributed by atoms with Gasteiger partial charge in [-0.3, -0.25) is 14.9 Å². The Balaban J connectivity index is 2.18. The van der Waals surface area contributed by atoms with Gasteiger partial charge >= 0.3 is 0 Å². The summed E-state index contributed by atoms with van der Waals surface area (Å²) in [7, 11) is 0. The van der Waals surface area contributed by atoms with Crippen molar-refractivity contribution in [1.29, 1.82) is 0 Å². The Hall–Kier alpha value is -2.21. The number of rotatable bonds is 3. The summed E-state index contributed by atoms with van der Waals surface area (Å²) in [4.78, 5) is 27.3. The second-order valence-corrected chi connectivity index (χ2v) is 5.20. The summed E-state index contributed by atoms with van der Waals surface area (Å²) in [5.74, 6) is -0.799. The van der Waals surface area contributed by atoms with Gasteiger partial charge in [0.1, 0.15) is 4.88 Å². The van der Waals surface area contributed by atoms with Crippen molar-refractivity contribution in [3.05, 3.63) is 46.0 Å². The Morgan fingerprint density at radius 1 is 1.32 bits per heavy atom. The van der Waals surface area contributed by atoms with Crippen LogP contribution in [0.4, 0.5) is 5.13 Å². The zero-order valence-electron chi connectivity index (χ0n) is 10.6. The minimum atomic E-state index is -0.551. The number of nitrogens with two attached hydrogens (primary N) is 1. The van der Waals surface area contributed by atoms with Gasteiger partial charge in [0.05, 0.1) is 6.20 Å².